The van der Waals surface area contributed by atoms with Crippen molar-refractivity contribution in [2.75, 3.05) is 13.1 Å². The van der Waals surface area contributed by atoms with Crippen LogP contribution in [0.5, 0.6) is 0 Å². The largest absolute Gasteiger partial charge is 0.377 e. The summed E-state index contributed by atoms with van der Waals surface area (Å²) in [6.07, 6.45) is 12.3. The van der Waals surface area contributed by atoms with E-state index in [1.807, 2.05) is 13.0 Å². The Balaban J connectivity index is 1.40. The first-order valence-corrected chi connectivity index (χ1v) is 14.4. The van der Waals surface area contributed by atoms with Gasteiger partial charge in [-0.3, -0.25) is 9.69 Å². The monoisotopic (exact) mass is 483 g/mol. The van der Waals surface area contributed by atoms with Crippen molar-refractivity contribution < 1.29 is 9.90 Å². The van der Waals surface area contributed by atoms with Crippen LogP contribution in [-0.2, 0) is 11.3 Å². The Kier molecular flexibility index (Phi) is 6.25. The number of fused-ring (bicyclic) bond motifs is 4. The fourth-order valence-electron chi connectivity index (χ4n) is 8.61. The third-order valence-corrected chi connectivity index (χ3v) is 10.5. The number of carbonyl (C=O) groups excluding carboxylic acids is 1. The lowest BCUT2D eigenvalue weighted by molar-refractivity contribution is -0.114. The van der Waals surface area contributed by atoms with E-state index in [4.69, 9.17) is 0 Å². The molecule has 5 aliphatic rings. The number of rotatable bonds is 3. The number of allylic oxidation sites excluding steroid dienone is 4. The second-order valence-corrected chi connectivity index (χ2v) is 12.3. The highest BCUT2D eigenvalue weighted by Crippen LogP contribution is 2.66. The third kappa shape index (κ3) is 3.93. The molecule has 4 aliphatic carbocycles. The van der Waals surface area contributed by atoms with E-state index in [1.54, 1.807) is 5.57 Å². The Labute approximate surface area is 217 Å². The van der Waals surface area contributed by atoms with E-state index in [0.717, 1.165) is 45.1 Å². The van der Waals surface area contributed by atoms with E-state index in [0.29, 0.717) is 24.0 Å². The van der Waals surface area contributed by atoms with Crippen molar-refractivity contribution in [2.24, 2.45) is 17.3 Å². The molecular weight excluding hydrogens is 442 g/mol. The molecule has 0 radical (unpaired) electrons. The normalized spacial score (nSPS) is 36.4. The molecule has 1 aliphatic heterocycles. The van der Waals surface area contributed by atoms with E-state index in [9.17, 15) is 9.90 Å². The standard InChI is InChI=1S/C33H41NO2/c1-3-16-33(36)17-15-30-28-13-11-25-20-26(35)12-14-27(25)31(28)29(21-32(30,33)2)24-9-7-23(8-10-24)22-34-18-5-4-6-19-34/h7-10,20,28-30,36H,4-6,11-15,17-19,21-22H2,1-2H3/t28-,29+,30-,32-,33-/m0/s1. The summed E-state index contributed by atoms with van der Waals surface area (Å²) >= 11 is 0. The molecule has 3 nitrogen and oxygen atoms in total. The van der Waals surface area contributed by atoms with Crippen molar-refractivity contribution in [3.8, 4) is 11.8 Å². The van der Waals surface area contributed by atoms with Crippen molar-refractivity contribution >= 4 is 5.78 Å². The van der Waals surface area contributed by atoms with Gasteiger partial charge in [0, 0.05) is 24.3 Å². The van der Waals surface area contributed by atoms with Crippen LogP contribution in [0.4, 0.5) is 0 Å². The van der Waals surface area contributed by atoms with Gasteiger partial charge in [0.2, 0.25) is 0 Å². The number of likely N-dealkylation sites (tertiary alicyclic amines) is 1. The summed E-state index contributed by atoms with van der Waals surface area (Å²) in [5.41, 5.74) is 6.03. The minimum absolute atomic E-state index is 0.215. The van der Waals surface area contributed by atoms with Gasteiger partial charge in [0.15, 0.2) is 5.78 Å². The molecule has 0 bridgehead atoms. The van der Waals surface area contributed by atoms with Crippen molar-refractivity contribution in [3.05, 3.63) is 58.2 Å². The molecular formula is C33H41NO2. The number of nitrogens with zero attached hydrogens (tertiary/aromatic N) is 1. The van der Waals surface area contributed by atoms with Gasteiger partial charge in [-0.1, -0.05) is 49.1 Å². The molecule has 1 N–H and O–H groups in total. The lowest BCUT2D eigenvalue weighted by Crippen LogP contribution is -2.51. The molecule has 36 heavy (non-hydrogen) atoms. The molecule has 6 rings (SSSR count). The number of carbonyl (C=O) groups is 1. The van der Waals surface area contributed by atoms with E-state index < -0.39 is 5.60 Å². The molecule has 0 aromatic heterocycles. The maximum Gasteiger partial charge on any atom is 0.156 e. The molecule has 5 atom stereocenters. The fraction of sp³-hybridized carbons (Fsp3) is 0.606. The predicted molar refractivity (Wildman–Crippen MR) is 144 cm³/mol. The minimum atomic E-state index is -0.909. The highest BCUT2D eigenvalue weighted by Gasteiger charge is 2.62. The predicted octanol–water partition coefficient (Wildman–Crippen LogP) is 6.33. The maximum absolute atomic E-state index is 12.3. The lowest BCUT2D eigenvalue weighted by Gasteiger charge is -2.53. The summed E-state index contributed by atoms with van der Waals surface area (Å²) in [6, 6.07) is 9.41. The van der Waals surface area contributed by atoms with Crippen LogP contribution < -0.4 is 0 Å². The second-order valence-electron chi connectivity index (χ2n) is 12.3. The summed E-state index contributed by atoms with van der Waals surface area (Å²) in [5, 5.41) is 11.8. The lowest BCUT2D eigenvalue weighted by atomic mass is 9.51. The van der Waals surface area contributed by atoms with Gasteiger partial charge in [0.1, 0.15) is 5.60 Å². The molecule has 190 valence electrons. The third-order valence-electron chi connectivity index (χ3n) is 10.5. The molecule has 0 amide bonds. The molecule has 1 heterocycles. The number of hydrogen-bond donors (Lipinski definition) is 1. The van der Waals surface area contributed by atoms with Crippen molar-refractivity contribution in [3.63, 3.8) is 0 Å². The maximum atomic E-state index is 12.3. The quantitative estimate of drug-likeness (QED) is 0.511. The minimum Gasteiger partial charge on any atom is -0.377 e. The highest BCUT2D eigenvalue weighted by molar-refractivity contribution is 5.93. The average molecular weight is 484 g/mol. The summed E-state index contributed by atoms with van der Waals surface area (Å²) in [6.45, 7) is 7.66. The van der Waals surface area contributed by atoms with Crippen LogP contribution in [0.2, 0.25) is 0 Å². The van der Waals surface area contributed by atoms with Crippen molar-refractivity contribution in [2.45, 2.75) is 96.1 Å². The van der Waals surface area contributed by atoms with E-state index in [1.165, 1.54) is 54.6 Å². The van der Waals surface area contributed by atoms with Gasteiger partial charge in [-0.25, -0.2) is 0 Å². The van der Waals surface area contributed by atoms with E-state index in [2.05, 4.69) is 47.9 Å². The first kappa shape index (κ1) is 24.2. The molecule has 0 spiro atoms. The van der Waals surface area contributed by atoms with E-state index in [-0.39, 0.29) is 11.3 Å². The molecule has 1 saturated heterocycles. The van der Waals surface area contributed by atoms with Crippen molar-refractivity contribution in [1.82, 2.24) is 4.90 Å². The van der Waals surface area contributed by atoms with Crippen LogP contribution in [0, 0.1) is 29.1 Å². The Hall–Kier alpha value is -2.15. The Bertz CT molecular complexity index is 1160. The Morgan fingerprint density at radius 3 is 2.58 bits per heavy atom. The van der Waals surface area contributed by atoms with Crippen LogP contribution in [0.15, 0.2) is 47.1 Å². The summed E-state index contributed by atoms with van der Waals surface area (Å²) in [7, 11) is 0. The van der Waals surface area contributed by atoms with Gasteiger partial charge in [0.05, 0.1) is 0 Å². The zero-order valence-electron chi connectivity index (χ0n) is 22.1. The molecule has 2 saturated carbocycles. The summed E-state index contributed by atoms with van der Waals surface area (Å²) in [5.74, 6) is 7.86. The average Bonchev–Trinajstić information content (AvgIpc) is 3.14. The van der Waals surface area contributed by atoms with E-state index >= 15 is 0 Å². The zero-order valence-corrected chi connectivity index (χ0v) is 22.1. The van der Waals surface area contributed by atoms with Gasteiger partial charge in [-0.05, 0) is 112 Å². The second kappa shape index (κ2) is 9.30. The molecule has 0 unspecified atom stereocenters. The number of ketones is 1. The van der Waals surface area contributed by atoms with Crippen LogP contribution in [0.25, 0.3) is 0 Å². The van der Waals surface area contributed by atoms with Crippen LogP contribution in [0.1, 0.15) is 95.1 Å². The smallest absolute Gasteiger partial charge is 0.156 e. The molecule has 3 heteroatoms. The first-order chi connectivity index (χ1) is 17.4. The van der Waals surface area contributed by atoms with Crippen molar-refractivity contribution in [1.29, 1.82) is 0 Å². The summed E-state index contributed by atoms with van der Waals surface area (Å²) in [4.78, 5) is 14.9. The Morgan fingerprint density at radius 1 is 1.06 bits per heavy atom. The molecule has 1 aromatic rings. The highest BCUT2D eigenvalue weighted by atomic mass is 16.3. The van der Waals surface area contributed by atoms with Gasteiger partial charge in [0.25, 0.3) is 0 Å². The summed E-state index contributed by atoms with van der Waals surface area (Å²) < 4.78 is 0. The SMILES string of the molecule is CC#C[C@]1(O)CC[C@H]2[C@@H]3CCC4=CC(=O)CCC4=C3[C@@H](c3ccc(CN4CCCCC4)cc3)C[C@@]21C. The van der Waals surface area contributed by atoms with Gasteiger partial charge < -0.3 is 5.11 Å². The number of piperidine rings is 1. The fourth-order valence-corrected chi connectivity index (χ4v) is 8.61. The number of aliphatic hydroxyl groups is 1. The number of benzene rings is 1. The first-order valence-electron chi connectivity index (χ1n) is 14.4. The number of hydrogen-bond acceptors (Lipinski definition) is 3. The molecule has 3 fully saturated rings. The van der Waals surface area contributed by atoms with Gasteiger partial charge in [-0.15, -0.1) is 5.92 Å². The topological polar surface area (TPSA) is 40.5 Å². The zero-order chi connectivity index (χ0) is 24.9. The Morgan fingerprint density at radius 2 is 1.83 bits per heavy atom. The van der Waals surface area contributed by atoms with Crippen LogP contribution in [0.3, 0.4) is 0 Å². The van der Waals surface area contributed by atoms with Crippen LogP contribution in [-0.4, -0.2) is 34.5 Å². The van der Waals surface area contributed by atoms with Gasteiger partial charge in [-0.2, -0.15) is 0 Å². The molecule has 1 aromatic carbocycles. The van der Waals surface area contributed by atoms with Gasteiger partial charge >= 0.3 is 0 Å². The van der Waals surface area contributed by atoms with Crippen LogP contribution >= 0.6 is 0 Å².